The molecule has 0 atom stereocenters. The number of hydrogen-bond donors (Lipinski definition) is 1. The van der Waals surface area contributed by atoms with Gasteiger partial charge in [-0.05, 0) is 48.9 Å². The van der Waals surface area contributed by atoms with Gasteiger partial charge in [0.15, 0.2) is 0 Å². The van der Waals surface area contributed by atoms with Gasteiger partial charge in [0.25, 0.3) is 0 Å². The molecule has 27 heavy (non-hydrogen) atoms. The van der Waals surface area contributed by atoms with Gasteiger partial charge in [-0.15, -0.1) is 0 Å². The number of rotatable bonds is 3. The molecule has 1 fully saturated rings. The van der Waals surface area contributed by atoms with Crippen molar-refractivity contribution in [3.8, 4) is 0 Å². The highest BCUT2D eigenvalue weighted by molar-refractivity contribution is 7.89. The van der Waals surface area contributed by atoms with Gasteiger partial charge in [-0.25, -0.2) is 13.2 Å². The summed E-state index contributed by atoms with van der Waals surface area (Å²) in [6, 6.07) is 11.1. The largest absolute Gasteiger partial charge is 0.322 e. The Kier molecular flexibility index (Phi) is 5.95. The third-order valence-corrected chi connectivity index (χ3v) is 6.97. The van der Waals surface area contributed by atoms with Gasteiger partial charge in [-0.1, -0.05) is 29.3 Å². The predicted molar refractivity (Wildman–Crippen MR) is 107 cm³/mol. The fraction of sp³-hybridized carbons (Fsp3) is 0.278. The Hall–Kier alpha value is -1.80. The molecule has 3 rings (SSSR count). The van der Waals surface area contributed by atoms with E-state index in [2.05, 4.69) is 5.32 Å². The first-order valence-corrected chi connectivity index (χ1v) is 10.5. The molecular formula is C18H19Cl2N3O3S. The van der Waals surface area contributed by atoms with Gasteiger partial charge in [0.05, 0.1) is 4.90 Å². The Labute approximate surface area is 168 Å². The van der Waals surface area contributed by atoms with Gasteiger partial charge < -0.3 is 10.2 Å². The van der Waals surface area contributed by atoms with Crippen molar-refractivity contribution in [3.05, 3.63) is 58.1 Å². The zero-order valence-electron chi connectivity index (χ0n) is 14.7. The Bertz CT molecular complexity index is 941. The molecule has 0 unspecified atom stereocenters. The lowest BCUT2D eigenvalue weighted by Gasteiger charge is -2.34. The first-order chi connectivity index (χ1) is 12.8. The van der Waals surface area contributed by atoms with E-state index >= 15 is 0 Å². The van der Waals surface area contributed by atoms with Gasteiger partial charge in [-0.2, -0.15) is 4.31 Å². The summed E-state index contributed by atoms with van der Waals surface area (Å²) in [5.41, 5.74) is 1.53. The maximum absolute atomic E-state index is 12.7. The number of halogens is 2. The van der Waals surface area contributed by atoms with E-state index in [0.717, 1.165) is 5.56 Å². The number of urea groups is 1. The molecule has 2 amide bonds. The summed E-state index contributed by atoms with van der Waals surface area (Å²) in [4.78, 5) is 14.2. The molecule has 1 heterocycles. The first kappa shape index (κ1) is 19.9. The monoisotopic (exact) mass is 427 g/mol. The van der Waals surface area contributed by atoms with Crippen LogP contribution in [0.2, 0.25) is 10.0 Å². The summed E-state index contributed by atoms with van der Waals surface area (Å²) in [6.45, 7) is 2.95. The number of hydrogen-bond acceptors (Lipinski definition) is 3. The molecule has 6 nitrogen and oxygen atoms in total. The SMILES string of the molecule is Cc1ccc(NC(=O)N2CCN(S(=O)(=O)c3ccc(Cl)cc3)CC2)cc1Cl. The second-order valence-corrected chi connectivity index (χ2v) is 9.02. The van der Waals surface area contributed by atoms with E-state index in [9.17, 15) is 13.2 Å². The van der Waals surface area contributed by atoms with E-state index in [1.165, 1.54) is 16.4 Å². The summed E-state index contributed by atoms with van der Waals surface area (Å²) in [5.74, 6) is 0. The fourth-order valence-electron chi connectivity index (χ4n) is 2.76. The van der Waals surface area contributed by atoms with Crippen molar-refractivity contribution in [1.29, 1.82) is 0 Å². The van der Waals surface area contributed by atoms with Gasteiger partial charge in [-0.3, -0.25) is 0 Å². The minimum atomic E-state index is -3.60. The topological polar surface area (TPSA) is 69.7 Å². The van der Waals surface area contributed by atoms with Crippen molar-refractivity contribution in [3.63, 3.8) is 0 Å². The van der Waals surface area contributed by atoms with Crippen LogP contribution in [-0.2, 0) is 10.0 Å². The predicted octanol–water partition coefficient (Wildman–Crippen LogP) is 3.84. The molecule has 0 aromatic heterocycles. The van der Waals surface area contributed by atoms with Crippen LogP contribution in [0.4, 0.5) is 10.5 Å². The molecule has 0 aliphatic carbocycles. The maximum atomic E-state index is 12.7. The number of anilines is 1. The third-order valence-electron chi connectivity index (χ3n) is 4.40. The number of benzene rings is 2. The van der Waals surface area contributed by atoms with Crippen molar-refractivity contribution < 1.29 is 13.2 Å². The van der Waals surface area contributed by atoms with Crippen molar-refractivity contribution in [1.82, 2.24) is 9.21 Å². The Balaban J connectivity index is 1.61. The van der Waals surface area contributed by atoms with E-state index in [1.807, 2.05) is 13.0 Å². The second-order valence-electron chi connectivity index (χ2n) is 6.24. The number of sulfonamides is 1. The van der Waals surface area contributed by atoms with Gasteiger partial charge >= 0.3 is 6.03 Å². The summed E-state index contributed by atoms with van der Waals surface area (Å²) >= 11 is 11.9. The molecule has 0 bridgehead atoms. The van der Waals surface area contributed by atoms with Crippen LogP contribution in [0.1, 0.15) is 5.56 Å². The number of nitrogens with zero attached hydrogens (tertiary/aromatic N) is 2. The van der Waals surface area contributed by atoms with Crippen LogP contribution in [0.25, 0.3) is 0 Å². The minimum Gasteiger partial charge on any atom is -0.322 e. The minimum absolute atomic E-state index is 0.194. The Morgan fingerprint density at radius 3 is 2.22 bits per heavy atom. The van der Waals surface area contributed by atoms with Crippen LogP contribution >= 0.6 is 23.2 Å². The maximum Gasteiger partial charge on any atom is 0.321 e. The van der Waals surface area contributed by atoms with Crippen LogP contribution in [0.3, 0.4) is 0 Å². The Morgan fingerprint density at radius 2 is 1.63 bits per heavy atom. The normalized spacial score (nSPS) is 15.6. The zero-order valence-corrected chi connectivity index (χ0v) is 17.0. The van der Waals surface area contributed by atoms with Crippen LogP contribution in [-0.4, -0.2) is 49.8 Å². The molecule has 2 aromatic carbocycles. The van der Waals surface area contributed by atoms with Crippen LogP contribution in [0.15, 0.2) is 47.4 Å². The lowest BCUT2D eigenvalue weighted by molar-refractivity contribution is 0.184. The third kappa shape index (κ3) is 4.55. The molecule has 0 radical (unpaired) electrons. The molecule has 9 heteroatoms. The standard InChI is InChI=1S/C18H19Cl2N3O3S/c1-13-2-5-15(12-17(13)20)21-18(24)22-8-10-23(11-9-22)27(25,26)16-6-3-14(19)4-7-16/h2-7,12H,8-11H2,1H3,(H,21,24). The lowest BCUT2D eigenvalue weighted by atomic mass is 10.2. The summed E-state index contributed by atoms with van der Waals surface area (Å²) in [7, 11) is -3.60. The van der Waals surface area contributed by atoms with Crippen LogP contribution < -0.4 is 5.32 Å². The van der Waals surface area contributed by atoms with E-state index in [1.54, 1.807) is 29.2 Å². The van der Waals surface area contributed by atoms with Gasteiger partial charge in [0.1, 0.15) is 0 Å². The first-order valence-electron chi connectivity index (χ1n) is 8.35. The molecule has 1 N–H and O–H groups in total. The van der Waals surface area contributed by atoms with Gasteiger partial charge in [0, 0.05) is 41.9 Å². The number of nitrogens with one attached hydrogen (secondary N) is 1. The van der Waals surface area contributed by atoms with Crippen LogP contribution in [0.5, 0.6) is 0 Å². The fourth-order valence-corrected chi connectivity index (χ4v) is 4.49. The highest BCUT2D eigenvalue weighted by Gasteiger charge is 2.30. The molecule has 0 spiro atoms. The molecular weight excluding hydrogens is 409 g/mol. The van der Waals surface area contributed by atoms with Crippen LogP contribution in [0, 0.1) is 6.92 Å². The summed E-state index contributed by atoms with van der Waals surface area (Å²) in [5, 5.41) is 3.85. The van der Waals surface area contributed by atoms with E-state index in [4.69, 9.17) is 23.2 Å². The average Bonchev–Trinajstić information content (AvgIpc) is 2.65. The highest BCUT2D eigenvalue weighted by atomic mass is 35.5. The number of carbonyl (C=O) groups excluding carboxylic acids is 1. The number of carbonyl (C=O) groups is 1. The molecule has 144 valence electrons. The van der Waals surface area contributed by atoms with Crippen molar-refractivity contribution in [2.24, 2.45) is 0 Å². The van der Waals surface area contributed by atoms with Crippen molar-refractivity contribution in [2.75, 3.05) is 31.5 Å². The molecule has 0 saturated carbocycles. The second kappa shape index (κ2) is 8.06. The number of piperazine rings is 1. The smallest absolute Gasteiger partial charge is 0.321 e. The van der Waals surface area contributed by atoms with Crippen molar-refractivity contribution in [2.45, 2.75) is 11.8 Å². The van der Waals surface area contributed by atoms with E-state index < -0.39 is 10.0 Å². The molecule has 1 aliphatic rings. The summed E-state index contributed by atoms with van der Waals surface area (Å²) in [6.07, 6.45) is 0. The molecule has 2 aromatic rings. The van der Waals surface area contributed by atoms with E-state index in [-0.39, 0.29) is 24.0 Å². The Morgan fingerprint density at radius 1 is 1.00 bits per heavy atom. The quantitative estimate of drug-likeness (QED) is 0.808. The molecule has 1 saturated heterocycles. The lowest BCUT2D eigenvalue weighted by Crippen LogP contribution is -2.51. The number of aryl methyl sites for hydroxylation is 1. The average molecular weight is 428 g/mol. The van der Waals surface area contributed by atoms with E-state index in [0.29, 0.717) is 28.8 Å². The van der Waals surface area contributed by atoms with Crippen molar-refractivity contribution >= 4 is 44.9 Å². The highest BCUT2D eigenvalue weighted by Crippen LogP contribution is 2.22. The van der Waals surface area contributed by atoms with Gasteiger partial charge in [0.2, 0.25) is 10.0 Å². The molecule has 1 aliphatic heterocycles. The zero-order chi connectivity index (χ0) is 19.6. The number of amides is 2. The summed E-state index contributed by atoms with van der Waals surface area (Å²) < 4.78 is 26.7.